The molecule has 3 nitrogen and oxygen atoms in total. The number of thiazole rings is 1. The summed E-state index contributed by atoms with van der Waals surface area (Å²) in [6.07, 6.45) is 2.03. The summed E-state index contributed by atoms with van der Waals surface area (Å²) in [4.78, 5) is 8.35. The Morgan fingerprint density at radius 3 is 2.71 bits per heavy atom. The third-order valence-corrected chi connectivity index (χ3v) is 4.95. The van der Waals surface area contributed by atoms with Crippen LogP contribution >= 0.6 is 11.3 Å². The molecular weight excluding hydrogens is 230 g/mol. The Morgan fingerprint density at radius 2 is 2.12 bits per heavy atom. The lowest BCUT2D eigenvalue weighted by atomic mass is 10.0. The van der Waals surface area contributed by atoms with Gasteiger partial charge in [0.25, 0.3) is 0 Å². The predicted molar refractivity (Wildman–Crippen MR) is 74.7 cm³/mol. The van der Waals surface area contributed by atoms with Crippen LogP contribution in [-0.4, -0.2) is 24.6 Å². The fourth-order valence-electron chi connectivity index (χ4n) is 2.32. The number of aromatic nitrogens is 1. The summed E-state index contributed by atoms with van der Waals surface area (Å²) in [5, 5.41) is 4.63. The molecule has 1 aromatic rings. The lowest BCUT2D eigenvalue weighted by Gasteiger charge is -2.14. The fraction of sp³-hybridized carbons (Fsp3) is 0.769. The molecule has 0 spiro atoms. The SMILES string of the molecule is CCNC(C)c1cnc(N2CC(C)C(C)C2)s1. The summed E-state index contributed by atoms with van der Waals surface area (Å²) in [7, 11) is 0. The summed E-state index contributed by atoms with van der Waals surface area (Å²) < 4.78 is 0. The summed E-state index contributed by atoms with van der Waals surface area (Å²) in [5.41, 5.74) is 0. The van der Waals surface area contributed by atoms with E-state index in [2.05, 4.69) is 42.9 Å². The van der Waals surface area contributed by atoms with Crippen LogP contribution in [-0.2, 0) is 0 Å². The van der Waals surface area contributed by atoms with Gasteiger partial charge >= 0.3 is 0 Å². The number of hydrogen-bond acceptors (Lipinski definition) is 4. The summed E-state index contributed by atoms with van der Waals surface area (Å²) in [5.74, 6) is 1.57. The molecule has 4 heteroatoms. The molecule has 0 bridgehead atoms. The van der Waals surface area contributed by atoms with Crippen molar-refractivity contribution in [2.45, 2.75) is 33.7 Å². The fourth-order valence-corrected chi connectivity index (χ4v) is 3.28. The van der Waals surface area contributed by atoms with Gasteiger partial charge in [0.2, 0.25) is 0 Å². The minimum absolute atomic E-state index is 0.420. The first-order valence-corrected chi connectivity index (χ1v) is 7.37. The van der Waals surface area contributed by atoms with Crippen LogP contribution in [0.25, 0.3) is 0 Å². The highest BCUT2D eigenvalue weighted by atomic mass is 32.1. The van der Waals surface area contributed by atoms with Crippen molar-refractivity contribution in [2.75, 3.05) is 24.5 Å². The van der Waals surface area contributed by atoms with Crippen molar-refractivity contribution in [1.29, 1.82) is 0 Å². The van der Waals surface area contributed by atoms with Gasteiger partial charge in [-0.3, -0.25) is 0 Å². The number of anilines is 1. The smallest absolute Gasteiger partial charge is 0.185 e. The average Bonchev–Trinajstić information content (AvgIpc) is 2.87. The Balaban J connectivity index is 2.03. The van der Waals surface area contributed by atoms with Gasteiger partial charge in [0, 0.05) is 30.2 Å². The zero-order chi connectivity index (χ0) is 12.4. The van der Waals surface area contributed by atoms with Crippen molar-refractivity contribution in [3.63, 3.8) is 0 Å². The van der Waals surface area contributed by atoms with Crippen LogP contribution in [0.1, 0.15) is 38.6 Å². The van der Waals surface area contributed by atoms with Crippen LogP contribution in [0.15, 0.2) is 6.20 Å². The molecule has 1 saturated heterocycles. The molecule has 0 aliphatic carbocycles. The number of nitrogens with one attached hydrogen (secondary N) is 1. The first-order valence-electron chi connectivity index (χ1n) is 6.55. The topological polar surface area (TPSA) is 28.2 Å². The van der Waals surface area contributed by atoms with Crippen molar-refractivity contribution in [3.8, 4) is 0 Å². The molecule has 1 N–H and O–H groups in total. The Morgan fingerprint density at radius 1 is 1.47 bits per heavy atom. The van der Waals surface area contributed by atoms with Gasteiger partial charge in [-0.15, -0.1) is 11.3 Å². The van der Waals surface area contributed by atoms with Gasteiger partial charge in [-0.05, 0) is 25.3 Å². The third-order valence-electron chi connectivity index (χ3n) is 3.71. The Labute approximate surface area is 108 Å². The highest BCUT2D eigenvalue weighted by Crippen LogP contribution is 2.32. The van der Waals surface area contributed by atoms with Crippen molar-refractivity contribution in [3.05, 3.63) is 11.1 Å². The van der Waals surface area contributed by atoms with E-state index in [1.54, 1.807) is 0 Å². The molecule has 1 aromatic heterocycles. The molecule has 3 atom stereocenters. The van der Waals surface area contributed by atoms with Crippen LogP contribution in [0.5, 0.6) is 0 Å². The molecule has 0 radical (unpaired) electrons. The van der Waals surface area contributed by atoms with Crippen LogP contribution in [0.4, 0.5) is 5.13 Å². The van der Waals surface area contributed by atoms with Crippen LogP contribution in [0.2, 0.25) is 0 Å². The maximum atomic E-state index is 4.57. The van der Waals surface area contributed by atoms with Crippen LogP contribution < -0.4 is 10.2 Å². The molecule has 0 amide bonds. The Hall–Kier alpha value is -0.610. The number of nitrogens with zero attached hydrogens (tertiary/aromatic N) is 2. The highest BCUT2D eigenvalue weighted by molar-refractivity contribution is 7.15. The van der Waals surface area contributed by atoms with E-state index in [0.29, 0.717) is 6.04 Å². The van der Waals surface area contributed by atoms with Crippen molar-refractivity contribution in [1.82, 2.24) is 10.3 Å². The molecule has 1 aliphatic heterocycles. The van der Waals surface area contributed by atoms with Gasteiger partial charge in [0.1, 0.15) is 0 Å². The van der Waals surface area contributed by atoms with Crippen molar-refractivity contribution >= 4 is 16.5 Å². The normalized spacial score (nSPS) is 26.5. The Bertz CT molecular complexity index is 353. The number of rotatable bonds is 4. The largest absolute Gasteiger partial charge is 0.348 e. The van der Waals surface area contributed by atoms with E-state index < -0.39 is 0 Å². The second-order valence-electron chi connectivity index (χ2n) is 5.18. The van der Waals surface area contributed by atoms with Gasteiger partial charge in [-0.1, -0.05) is 20.8 Å². The maximum Gasteiger partial charge on any atom is 0.185 e. The van der Waals surface area contributed by atoms with E-state index in [4.69, 9.17) is 0 Å². The minimum Gasteiger partial charge on any atom is -0.348 e. The first kappa shape index (κ1) is 12.8. The molecule has 1 aliphatic rings. The van der Waals surface area contributed by atoms with E-state index in [0.717, 1.165) is 31.5 Å². The van der Waals surface area contributed by atoms with Gasteiger partial charge in [-0.2, -0.15) is 0 Å². The number of hydrogen-bond donors (Lipinski definition) is 1. The molecule has 0 saturated carbocycles. The highest BCUT2D eigenvalue weighted by Gasteiger charge is 2.27. The van der Waals surface area contributed by atoms with Gasteiger partial charge in [0.15, 0.2) is 5.13 Å². The lowest BCUT2D eigenvalue weighted by Crippen LogP contribution is -2.19. The summed E-state index contributed by atoms with van der Waals surface area (Å²) >= 11 is 1.83. The zero-order valence-corrected chi connectivity index (χ0v) is 12.0. The minimum atomic E-state index is 0.420. The van der Waals surface area contributed by atoms with E-state index in [1.165, 1.54) is 10.0 Å². The first-order chi connectivity index (χ1) is 8.11. The zero-order valence-electron chi connectivity index (χ0n) is 11.2. The molecular formula is C13H23N3S. The predicted octanol–water partition coefficient (Wildman–Crippen LogP) is 2.91. The van der Waals surface area contributed by atoms with Gasteiger partial charge in [0.05, 0.1) is 0 Å². The second kappa shape index (κ2) is 5.36. The van der Waals surface area contributed by atoms with E-state index in [1.807, 2.05) is 17.5 Å². The Kier molecular flexibility index (Phi) is 4.05. The van der Waals surface area contributed by atoms with Gasteiger partial charge < -0.3 is 10.2 Å². The van der Waals surface area contributed by atoms with Crippen molar-refractivity contribution < 1.29 is 0 Å². The van der Waals surface area contributed by atoms with Crippen molar-refractivity contribution in [2.24, 2.45) is 11.8 Å². The summed E-state index contributed by atoms with van der Waals surface area (Å²) in [6, 6.07) is 0.420. The molecule has 2 rings (SSSR count). The molecule has 1 fully saturated rings. The molecule has 2 heterocycles. The molecule has 17 heavy (non-hydrogen) atoms. The van der Waals surface area contributed by atoms with E-state index in [9.17, 15) is 0 Å². The lowest BCUT2D eigenvalue weighted by molar-refractivity contribution is 0.494. The molecule has 3 unspecified atom stereocenters. The average molecular weight is 253 g/mol. The summed E-state index contributed by atoms with van der Waals surface area (Å²) in [6.45, 7) is 12.3. The standard InChI is InChI=1S/C13H23N3S/c1-5-14-11(4)12-6-15-13(17-12)16-7-9(2)10(3)8-16/h6,9-11,14H,5,7-8H2,1-4H3. The van der Waals surface area contributed by atoms with E-state index in [-0.39, 0.29) is 0 Å². The molecule has 96 valence electrons. The van der Waals surface area contributed by atoms with Crippen LogP contribution in [0, 0.1) is 11.8 Å². The maximum absolute atomic E-state index is 4.57. The second-order valence-corrected chi connectivity index (χ2v) is 6.22. The third kappa shape index (κ3) is 2.80. The monoisotopic (exact) mass is 253 g/mol. The van der Waals surface area contributed by atoms with Gasteiger partial charge in [-0.25, -0.2) is 4.98 Å². The quantitative estimate of drug-likeness (QED) is 0.894. The van der Waals surface area contributed by atoms with Crippen LogP contribution in [0.3, 0.4) is 0 Å². The van der Waals surface area contributed by atoms with E-state index >= 15 is 0 Å². The molecule has 0 aromatic carbocycles.